The fraction of sp³-hybridized carbons (Fsp3) is 0.579. The largest absolute Gasteiger partial charge is 0.419 e. The van der Waals surface area contributed by atoms with Crippen LogP contribution in [0.3, 0.4) is 0 Å². The lowest BCUT2D eigenvalue weighted by molar-refractivity contribution is -0.137. The van der Waals surface area contributed by atoms with Gasteiger partial charge in [0.05, 0.1) is 30.5 Å². The molecule has 3 atom stereocenters. The molecule has 2 aromatic rings. The van der Waals surface area contributed by atoms with Gasteiger partial charge in [0.25, 0.3) is 0 Å². The summed E-state index contributed by atoms with van der Waals surface area (Å²) in [5.74, 6) is -0.497. The van der Waals surface area contributed by atoms with Crippen molar-refractivity contribution in [2.75, 3.05) is 32.0 Å². The van der Waals surface area contributed by atoms with E-state index in [1.807, 2.05) is 0 Å². The molecule has 0 spiro atoms. The molecule has 2 N–H and O–H groups in total. The van der Waals surface area contributed by atoms with Gasteiger partial charge in [0.1, 0.15) is 18.1 Å². The van der Waals surface area contributed by atoms with Crippen molar-refractivity contribution in [1.29, 1.82) is 0 Å². The lowest BCUT2D eigenvalue weighted by Crippen LogP contribution is -2.49. The zero-order valence-electron chi connectivity index (χ0n) is 16.1. The third kappa shape index (κ3) is 3.75. The molecule has 31 heavy (non-hydrogen) atoms. The van der Waals surface area contributed by atoms with Crippen molar-refractivity contribution < 1.29 is 31.1 Å². The maximum absolute atomic E-state index is 13.2. The Balaban J connectivity index is 1.45. The van der Waals surface area contributed by atoms with E-state index in [2.05, 4.69) is 14.9 Å². The molecule has 4 heterocycles. The fourth-order valence-electron chi connectivity index (χ4n) is 4.65. The summed E-state index contributed by atoms with van der Waals surface area (Å²) in [5, 5.41) is 0. The normalized spacial score (nSPS) is 26.7. The third-order valence-corrected chi connectivity index (χ3v) is 6.32. The molecule has 0 unspecified atom stereocenters. The van der Waals surface area contributed by atoms with Crippen LogP contribution in [0.25, 0.3) is 11.3 Å². The second kappa shape index (κ2) is 6.83. The van der Waals surface area contributed by atoms with Gasteiger partial charge >= 0.3 is 12.4 Å². The van der Waals surface area contributed by atoms with Crippen molar-refractivity contribution in [1.82, 2.24) is 19.4 Å². The van der Waals surface area contributed by atoms with Gasteiger partial charge in [-0.2, -0.15) is 26.3 Å². The number of alkyl halides is 6. The van der Waals surface area contributed by atoms with E-state index in [0.717, 1.165) is 25.4 Å². The van der Waals surface area contributed by atoms with Gasteiger partial charge < -0.3 is 15.0 Å². The van der Waals surface area contributed by atoms with E-state index in [0.29, 0.717) is 19.3 Å². The molecule has 0 amide bonds. The number of halogens is 6. The predicted molar refractivity (Wildman–Crippen MR) is 96.8 cm³/mol. The molecule has 1 aliphatic carbocycles. The molecule has 2 aromatic heterocycles. The van der Waals surface area contributed by atoms with Crippen LogP contribution in [0, 0.1) is 11.8 Å². The highest BCUT2D eigenvalue weighted by atomic mass is 19.4. The van der Waals surface area contributed by atoms with Crippen LogP contribution < -0.4 is 5.73 Å². The SMILES string of the molecule is Nc1ncc(-c2cn([C@H]3[C@@H]4CN(C5COC5)C[C@@H]43)c(CC(F)(F)F)n2)cc1C(F)(F)F. The summed E-state index contributed by atoms with van der Waals surface area (Å²) in [6.07, 6.45) is -7.96. The highest BCUT2D eigenvalue weighted by Crippen LogP contribution is 2.56. The number of piperidine rings is 1. The summed E-state index contributed by atoms with van der Waals surface area (Å²) in [5.41, 5.74) is 4.18. The number of imidazole rings is 1. The number of anilines is 1. The van der Waals surface area contributed by atoms with E-state index < -0.39 is 30.2 Å². The molecule has 6 nitrogen and oxygen atoms in total. The van der Waals surface area contributed by atoms with Crippen molar-refractivity contribution in [2.45, 2.75) is 30.9 Å². The molecule has 3 aliphatic rings. The highest BCUT2D eigenvalue weighted by molar-refractivity contribution is 5.62. The zero-order valence-corrected chi connectivity index (χ0v) is 16.1. The lowest BCUT2D eigenvalue weighted by Gasteiger charge is -2.36. The third-order valence-electron chi connectivity index (χ3n) is 6.32. The quantitative estimate of drug-likeness (QED) is 0.730. The Morgan fingerprint density at radius 1 is 1.10 bits per heavy atom. The standard InChI is InChI=1S/C19H19F6N5O/c20-18(21,22)2-15-28-14(9-1-13(19(23,24)25)17(26)27-3-9)6-30(15)16-11-4-29(5-12(11)16)10-7-31-8-10/h1,3,6,10-12,16H,2,4-5,7-8H2,(H2,26,27)/t11-,12+,16+. The number of fused-ring (bicyclic) bond motifs is 1. The van der Waals surface area contributed by atoms with Gasteiger partial charge in [-0.3, -0.25) is 4.90 Å². The first-order valence-electron chi connectivity index (χ1n) is 9.80. The van der Waals surface area contributed by atoms with E-state index in [9.17, 15) is 26.3 Å². The number of rotatable bonds is 4. The van der Waals surface area contributed by atoms with Crippen LogP contribution in [0.2, 0.25) is 0 Å². The highest BCUT2D eigenvalue weighted by Gasteiger charge is 2.58. The van der Waals surface area contributed by atoms with Crippen LogP contribution in [0.5, 0.6) is 0 Å². The Labute approximate surface area is 173 Å². The van der Waals surface area contributed by atoms with Crippen LogP contribution in [0.4, 0.5) is 32.2 Å². The molecule has 1 saturated carbocycles. The van der Waals surface area contributed by atoms with E-state index in [-0.39, 0.29) is 35.0 Å². The monoisotopic (exact) mass is 447 g/mol. The topological polar surface area (TPSA) is 69.2 Å². The maximum Gasteiger partial charge on any atom is 0.419 e. The zero-order chi connectivity index (χ0) is 22.1. The molecule has 12 heteroatoms. The fourth-order valence-corrected chi connectivity index (χ4v) is 4.65. The molecule has 5 rings (SSSR count). The number of ether oxygens (including phenoxy) is 1. The predicted octanol–water partition coefficient (Wildman–Crippen LogP) is 3.15. The summed E-state index contributed by atoms with van der Waals surface area (Å²) in [4.78, 5) is 9.90. The number of hydrogen-bond acceptors (Lipinski definition) is 5. The summed E-state index contributed by atoms with van der Waals surface area (Å²) in [6, 6.07) is 1.00. The smallest absolute Gasteiger partial charge is 0.383 e. The average Bonchev–Trinajstić information content (AvgIpc) is 2.94. The van der Waals surface area contributed by atoms with Crippen LogP contribution in [0.1, 0.15) is 17.4 Å². The maximum atomic E-state index is 13.2. The Morgan fingerprint density at radius 2 is 1.77 bits per heavy atom. The van der Waals surface area contributed by atoms with E-state index in [4.69, 9.17) is 10.5 Å². The number of nitrogens with zero attached hydrogens (tertiary/aromatic N) is 4. The van der Waals surface area contributed by atoms with Gasteiger partial charge in [0.15, 0.2) is 0 Å². The van der Waals surface area contributed by atoms with E-state index in [1.54, 1.807) is 0 Å². The van der Waals surface area contributed by atoms with E-state index >= 15 is 0 Å². The summed E-state index contributed by atoms with van der Waals surface area (Å²) in [6.45, 7) is 2.88. The summed E-state index contributed by atoms with van der Waals surface area (Å²) in [7, 11) is 0. The van der Waals surface area contributed by atoms with Crippen molar-refractivity contribution in [3.05, 3.63) is 29.8 Å². The molecule has 0 radical (unpaired) electrons. The number of hydrogen-bond donors (Lipinski definition) is 1. The molecule has 0 aromatic carbocycles. The van der Waals surface area contributed by atoms with Gasteiger partial charge in [0.2, 0.25) is 0 Å². The van der Waals surface area contributed by atoms with Crippen LogP contribution in [0.15, 0.2) is 18.5 Å². The molecular weight excluding hydrogens is 428 g/mol. The minimum absolute atomic E-state index is 0.0199. The van der Waals surface area contributed by atoms with Crippen LogP contribution in [-0.2, 0) is 17.3 Å². The number of pyridine rings is 1. The van der Waals surface area contributed by atoms with Crippen molar-refractivity contribution in [3.63, 3.8) is 0 Å². The number of nitrogens with two attached hydrogens (primary N) is 1. The van der Waals surface area contributed by atoms with Crippen molar-refractivity contribution >= 4 is 5.82 Å². The second-order valence-electron chi connectivity index (χ2n) is 8.36. The first-order valence-corrected chi connectivity index (χ1v) is 9.80. The van der Waals surface area contributed by atoms with Gasteiger partial charge in [-0.15, -0.1) is 0 Å². The molecule has 2 aliphatic heterocycles. The van der Waals surface area contributed by atoms with E-state index in [1.165, 1.54) is 10.8 Å². The number of aromatic nitrogens is 3. The molecule has 168 valence electrons. The molecule has 0 bridgehead atoms. The molecule has 3 fully saturated rings. The molecular formula is C19H19F6N5O. The van der Waals surface area contributed by atoms with Crippen molar-refractivity contribution in [2.24, 2.45) is 11.8 Å². The Hall–Kier alpha value is -2.34. The lowest BCUT2D eigenvalue weighted by atomic mass is 10.1. The minimum Gasteiger partial charge on any atom is -0.383 e. The second-order valence-corrected chi connectivity index (χ2v) is 8.36. The summed E-state index contributed by atoms with van der Waals surface area (Å²) < 4.78 is 85.7. The first kappa shape index (κ1) is 20.6. The van der Waals surface area contributed by atoms with Crippen molar-refractivity contribution in [3.8, 4) is 11.3 Å². The first-order chi connectivity index (χ1) is 14.5. The Morgan fingerprint density at radius 3 is 2.32 bits per heavy atom. The Kier molecular flexibility index (Phi) is 4.53. The number of likely N-dealkylation sites (tertiary alicyclic amines) is 1. The molecule has 2 saturated heterocycles. The van der Waals surface area contributed by atoms with Gasteiger partial charge in [-0.1, -0.05) is 0 Å². The number of nitrogen functional groups attached to an aromatic ring is 1. The van der Waals surface area contributed by atoms with Crippen LogP contribution >= 0.6 is 0 Å². The minimum atomic E-state index is -4.73. The van der Waals surface area contributed by atoms with Gasteiger partial charge in [0, 0.05) is 37.1 Å². The van der Waals surface area contributed by atoms with Crippen LogP contribution in [-0.4, -0.2) is 58.0 Å². The average molecular weight is 447 g/mol. The van der Waals surface area contributed by atoms with Gasteiger partial charge in [-0.25, -0.2) is 9.97 Å². The Bertz CT molecular complexity index is 987. The summed E-state index contributed by atoms with van der Waals surface area (Å²) >= 11 is 0. The van der Waals surface area contributed by atoms with Gasteiger partial charge in [-0.05, 0) is 17.9 Å².